The number of thiophene rings is 1. The van der Waals surface area contributed by atoms with Crippen molar-refractivity contribution in [3.8, 4) is 0 Å². The molecule has 0 bridgehead atoms. The maximum Gasteiger partial charge on any atom is 0.261 e. The summed E-state index contributed by atoms with van der Waals surface area (Å²) in [6.07, 6.45) is 0.841. The molecule has 0 radical (unpaired) electrons. The number of halogens is 1. The van der Waals surface area contributed by atoms with E-state index in [1.165, 1.54) is 23.0 Å². The third kappa shape index (κ3) is 4.95. The van der Waals surface area contributed by atoms with Gasteiger partial charge in [-0.05, 0) is 37.7 Å². The predicted molar refractivity (Wildman–Crippen MR) is 112 cm³/mol. The summed E-state index contributed by atoms with van der Waals surface area (Å²) in [5, 5.41) is 3.45. The lowest BCUT2D eigenvalue weighted by molar-refractivity contribution is 0.0951. The molecule has 3 rings (SSSR count). The molecule has 0 saturated carbocycles. The Morgan fingerprint density at radius 3 is 2.71 bits per heavy atom. The van der Waals surface area contributed by atoms with Crippen molar-refractivity contribution in [1.82, 2.24) is 10.2 Å². The minimum Gasteiger partial charge on any atom is -0.380 e. The highest BCUT2D eigenvalue weighted by molar-refractivity contribution is 7.21. The molecule has 148 valence electrons. The molecule has 0 aliphatic heterocycles. The van der Waals surface area contributed by atoms with Crippen molar-refractivity contribution in [2.24, 2.45) is 0 Å². The summed E-state index contributed by atoms with van der Waals surface area (Å²) >= 11 is 1.31. The lowest BCUT2D eigenvalue weighted by atomic mass is 10.1. The number of carbonyl (C=O) groups excluding carboxylic acids is 1. The van der Waals surface area contributed by atoms with Gasteiger partial charge in [0.05, 0.1) is 11.5 Å². The van der Waals surface area contributed by atoms with Gasteiger partial charge in [-0.25, -0.2) is 4.39 Å². The normalized spacial score (nSPS) is 11.3. The third-order valence-electron chi connectivity index (χ3n) is 4.56. The Bertz CT molecular complexity index is 927. The van der Waals surface area contributed by atoms with Crippen LogP contribution < -0.4 is 5.32 Å². The first kappa shape index (κ1) is 20.5. The van der Waals surface area contributed by atoms with Gasteiger partial charge in [-0.2, -0.15) is 0 Å². The Morgan fingerprint density at radius 1 is 1.18 bits per heavy atom. The predicted octanol–water partition coefficient (Wildman–Crippen LogP) is 4.44. The number of carbonyl (C=O) groups is 1. The van der Waals surface area contributed by atoms with E-state index in [0.29, 0.717) is 22.4 Å². The fourth-order valence-corrected chi connectivity index (χ4v) is 4.38. The molecular weight excluding hydrogens is 375 g/mol. The van der Waals surface area contributed by atoms with Crippen LogP contribution in [0.4, 0.5) is 4.39 Å². The fourth-order valence-electron chi connectivity index (χ4n) is 3.24. The molecule has 6 heteroatoms. The maximum atomic E-state index is 14.2. The molecule has 1 amide bonds. The first-order valence-corrected chi connectivity index (χ1v) is 10.1. The lowest BCUT2D eigenvalue weighted by Crippen LogP contribution is -2.28. The summed E-state index contributed by atoms with van der Waals surface area (Å²) < 4.78 is 20.2. The first-order valence-electron chi connectivity index (χ1n) is 9.29. The second-order valence-electron chi connectivity index (χ2n) is 6.79. The van der Waals surface area contributed by atoms with E-state index < -0.39 is 0 Å². The molecular formula is C22H25FN2O2S. The number of methoxy groups -OCH3 is 1. The van der Waals surface area contributed by atoms with Crippen LogP contribution in [-0.2, 0) is 17.9 Å². The van der Waals surface area contributed by atoms with Crippen LogP contribution in [0.2, 0.25) is 0 Å². The zero-order valence-corrected chi connectivity index (χ0v) is 17.0. The van der Waals surface area contributed by atoms with Crippen LogP contribution in [0.25, 0.3) is 10.1 Å². The van der Waals surface area contributed by atoms with Crippen molar-refractivity contribution in [1.29, 1.82) is 0 Å². The van der Waals surface area contributed by atoms with Crippen molar-refractivity contribution in [2.75, 3.05) is 27.2 Å². The highest BCUT2D eigenvalue weighted by Crippen LogP contribution is 2.33. The van der Waals surface area contributed by atoms with Gasteiger partial charge in [0.2, 0.25) is 0 Å². The van der Waals surface area contributed by atoms with E-state index in [9.17, 15) is 9.18 Å². The van der Waals surface area contributed by atoms with E-state index in [1.807, 2.05) is 24.3 Å². The number of amides is 1. The summed E-state index contributed by atoms with van der Waals surface area (Å²) in [4.78, 5) is 15.4. The smallest absolute Gasteiger partial charge is 0.261 e. The van der Waals surface area contributed by atoms with Gasteiger partial charge in [0, 0.05) is 35.8 Å². The Balaban J connectivity index is 1.56. The monoisotopic (exact) mass is 400 g/mol. The van der Waals surface area contributed by atoms with E-state index in [0.717, 1.165) is 24.2 Å². The van der Waals surface area contributed by atoms with Crippen molar-refractivity contribution in [3.05, 3.63) is 70.4 Å². The van der Waals surface area contributed by atoms with E-state index in [-0.39, 0.29) is 18.3 Å². The van der Waals surface area contributed by atoms with E-state index in [4.69, 9.17) is 4.74 Å². The molecule has 3 aromatic rings. The molecule has 4 nitrogen and oxygen atoms in total. The van der Waals surface area contributed by atoms with Crippen LogP contribution in [0.5, 0.6) is 0 Å². The summed E-state index contributed by atoms with van der Waals surface area (Å²) in [6.45, 7) is 2.54. The average molecular weight is 401 g/mol. The zero-order valence-electron chi connectivity index (χ0n) is 16.2. The van der Waals surface area contributed by atoms with Gasteiger partial charge in [-0.15, -0.1) is 11.3 Å². The number of nitrogens with zero attached hydrogens (tertiary/aromatic N) is 1. The highest BCUT2D eigenvalue weighted by atomic mass is 32.1. The summed E-state index contributed by atoms with van der Waals surface area (Å²) in [5.74, 6) is -0.485. The van der Waals surface area contributed by atoms with Crippen LogP contribution in [0, 0.1) is 5.82 Å². The van der Waals surface area contributed by atoms with Gasteiger partial charge in [0.15, 0.2) is 0 Å². The number of ether oxygens (including phenoxy) is 1. The van der Waals surface area contributed by atoms with Crippen LogP contribution in [0.1, 0.15) is 27.2 Å². The Labute approximate surface area is 168 Å². The van der Waals surface area contributed by atoms with Crippen LogP contribution in [0.15, 0.2) is 48.5 Å². The van der Waals surface area contributed by atoms with Gasteiger partial charge in [-0.1, -0.05) is 36.4 Å². The van der Waals surface area contributed by atoms with Crippen molar-refractivity contribution >= 4 is 27.3 Å². The Hall–Kier alpha value is -2.28. The number of fused-ring (bicyclic) bond motifs is 1. The zero-order chi connectivity index (χ0) is 19.9. The number of hydrogen-bond acceptors (Lipinski definition) is 4. The quantitative estimate of drug-likeness (QED) is 0.540. The Kier molecular flexibility index (Phi) is 7.14. The van der Waals surface area contributed by atoms with Gasteiger partial charge < -0.3 is 15.0 Å². The van der Waals surface area contributed by atoms with E-state index >= 15 is 0 Å². The van der Waals surface area contributed by atoms with E-state index in [1.54, 1.807) is 13.2 Å². The molecule has 0 aliphatic carbocycles. The van der Waals surface area contributed by atoms with Gasteiger partial charge in [-0.3, -0.25) is 4.79 Å². The number of hydrogen-bond donors (Lipinski definition) is 1. The molecule has 0 atom stereocenters. The molecule has 1 N–H and O–H groups in total. The summed E-state index contributed by atoms with van der Waals surface area (Å²) in [5.41, 5.74) is 1.89. The number of benzene rings is 2. The fraction of sp³-hybridized carbons (Fsp3) is 0.318. The first-order chi connectivity index (χ1) is 13.6. The molecule has 28 heavy (non-hydrogen) atoms. The molecule has 1 aromatic heterocycles. The second-order valence-corrected chi connectivity index (χ2v) is 7.84. The SMILES string of the molecule is COCc1c(C(=O)NCCCN(C)Cc2ccccc2)sc2cccc(F)c12. The van der Waals surface area contributed by atoms with Gasteiger partial charge in [0.25, 0.3) is 5.91 Å². The van der Waals surface area contributed by atoms with Crippen molar-refractivity contribution in [2.45, 2.75) is 19.6 Å². The highest BCUT2D eigenvalue weighted by Gasteiger charge is 2.20. The Morgan fingerprint density at radius 2 is 1.96 bits per heavy atom. The maximum absolute atomic E-state index is 14.2. The number of rotatable bonds is 9. The van der Waals surface area contributed by atoms with Crippen molar-refractivity contribution in [3.63, 3.8) is 0 Å². The molecule has 0 aliphatic rings. The number of nitrogens with one attached hydrogen (secondary N) is 1. The molecule has 0 unspecified atom stereocenters. The van der Waals surface area contributed by atoms with Gasteiger partial charge in [0.1, 0.15) is 5.82 Å². The molecule has 1 heterocycles. The third-order valence-corrected chi connectivity index (χ3v) is 5.75. The minimum atomic E-state index is -0.317. The standard InChI is InChI=1S/C22H25FN2O2S/c1-25(14-16-8-4-3-5-9-16)13-7-12-24-22(26)21-17(15-27-2)20-18(23)10-6-11-19(20)28-21/h3-6,8-11H,7,12-15H2,1-2H3,(H,24,26). The minimum absolute atomic E-state index is 0.168. The molecule has 0 spiro atoms. The average Bonchev–Trinajstić information content (AvgIpc) is 3.06. The van der Waals surface area contributed by atoms with E-state index in [2.05, 4.69) is 29.4 Å². The van der Waals surface area contributed by atoms with Crippen LogP contribution >= 0.6 is 11.3 Å². The largest absolute Gasteiger partial charge is 0.380 e. The molecule has 0 saturated heterocycles. The topological polar surface area (TPSA) is 41.6 Å². The molecule has 0 fully saturated rings. The van der Waals surface area contributed by atoms with Crippen LogP contribution in [-0.4, -0.2) is 38.1 Å². The molecule has 2 aromatic carbocycles. The summed E-state index contributed by atoms with van der Waals surface area (Å²) in [6, 6.07) is 15.2. The van der Waals surface area contributed by atoms with Crippen LogP contribution in [0.3, 0.4) is 0 Å². The van der Waals surface area contributed by atoms with Gasteiger partial charge >= 0.3 is 0 Å². The summed E-state index contributed by atoms with van der Waals surface area (Å²) in [7, 11) is 3.62. The van der Waals surface area contributed by atoms with Crippen molar-refractivity contribution < 1.29 is 13.9 Å². The lowest BCUT2D eigenvalue weighted by Gasteiger charge is -2.16. The second kappa shape index (κ2) is 9.78.